The van der Waals surface area contributed by atoms with E-state index in [1.54, 1.807) is 0 Å². The van der Waals surface area contributed by atoms with E-state index in [-0.39, 0.29) is 23.8 Å². The number of rotatable bonds is 6. The van der Waals surface area contributed by atoms with Crippen molar-refractivity contribution in [3.05, 3.63) is 0 Å². The van der Waals surface area contributed by atoms with Crippen LogP contribution in [0.25, 0.3) is 0 Å². The maximum atomic E-state index is 12.0. The fourth-order valence-electron chi connectivity index (χ4n) is 2.48. The van der Waals surface area contributed by atoms with Crippen molar-refractivity contribution in [1.29, 1.82) is 0 Å². The molecule has 0 heterocycles. The molecule has 1 aliphatic rings. The van der Waals surface area contributed by atoms with Crippen LogP contribution < -0.4 is 5.32 Å². The van der Waals surface area contributed by atoms with Crippen LogP contribution in [0.1, 0.15) is 58.8 Å². The van der Waals surface area contributed by atoms with Gasteiger partial charge in [0, 0.05) is 19.1 Å². The third-order valence-electron chi connectivity index (χ3n) is 3.73. The van der Waals surface area contributed by atoms with Gasteiger partial charge in [0.05, 0.1) is 0 Å². The van der Waals surface area contributed by atoms with Crippen molar-refractivity contribution in [2.24, 2.45) is 11.3 Å². The van der Waals surface area contributed by atoms with Crippen molar-refractivity contribution >= 4 is 5.91 Å². The predicted molar refractivity (Wildman–Crippen MR) is 69.7 cm³/mol. The number of hydrogen-bond donors (Lipinski definition) is 2. The number of aliphatic hydroxyl groups excluding tert-OH is 1. The summed E-state index contributed by atoms with van der Waals surface area (Å²) in [5, 5.41) is 11.9. The zero-order chi connectivity index (χ0) is 12.7. The number of amides is 1. The molecule has 1 amide bonds. The van der Waals surface area contributed by atoms with Crippen LogP contribution in [0, 0.1) is 11.3 Å². The summed E-state index contributed by atoms with van der Waals surface area (Å²) < 4.78 is 0. The van der Waals surface area contributed by atoms with Crippen molar-refractivity contribution in [2.75, 3.05) is 13.2 Å². The molecule has 3 heteroatoms. The van der Waals surface area contributed by atoms with Gasteiger partial charge in [0.15, 0.2) is 0 Å². The summed E-state index contributed by atoms with van der Waals surface area (Å²) in [7, 11) is 0. The molecule has 0 radical (unpaired) electrons. The fourth-order valence-corrected chi connectivity index (χ4v) is 2.48. The first kappa shape index (κ1) is 14.5. The van der Waals surface area contributed by atoms with Gasteiger partial charge >= 0.3 is 0 Å². The quantitative estimate of drug-likeness (QED) is 0.750. The van der Waals surface area contributed by atoms with Crippen LogP contribution in [0.4, 0.5) is 0 Å². The van der Waals surface area contributed by atoms with Gasteiger partial charge in [-0.25, -0.2) is 0 Å². The molecule has 0 aromatic heterocycles. The zero-order valence-corrected chi connectivity index (χ0v) is 11.3. The van der Waals surface area contributed by atoms with Crippen molar-refractivity contribution in [1.82, 2.24) is 5.32 Å². The minimum Gasteiger partial charge on any atom is -0.396 e. The van der Waals surface area contributed by atoms with Gasteiger partial charge in [0.2, 0.25) is 5.91 Å². The van der Waals surface area contributed by atoms with E-state index in [9.17, 15) is 4.79 Å². The van der Waals surface area contributed by atoms with Crippen LogP contribution in [0.3, 0.4) is 0 Å². The Morgan fingerprint density at radius 3 is 2.53 bits per heavy atom. The Labute approximate surface area is 105 Å². The molecule has 0 spiro atoms. The van der Waals surface area contributed by atoms with Crippen LogP contribution in [-0.2, 0) is 4.79 Å². The van der Waals surface area contributed by atoms with Crippen LogP contribution in [0.2, 0.25) is 0 Å². The third kappa shape index (κ3) is 5.53. The van der Waals surface area contributed by atoms with E-state index in [4.69, 9.17) is 5.11 Å². The minimum absolute atomic E-state index is 0.0903. The maximum absolute atomic E-state index is 12.0. The molecule has 17 heavy (non-hydrogen) atoms. The Bertz CT molecular complexity index is 232. The van der Waals surface area contributed by atoms with Crippen LogP contribution in [0.5, 0.6) is 0 Å². The third-order valence-corrected chi connectivity index (χ3v) is 3.73. The number of carbonyl (C=O) groups is 1. The first-order valence-electron chi connectivity index (χ1n) is 6.94. The summed E-state index contributed by atoms with van der Waals surface area (Å²) in [6, 6.07) is 0. The summed E-state index contributed by atoms with van der Waals surface area (Å²) >= 11 is 0. The molecule has 1 aliphatic carbocycles. The molecular weight excluding hydrogens is 214 g/mol. The molecule has 1 fully saturated rings. The van der Waals surface area contributed by atoms with E-state index < -0.39 is 0 Å². The SMILES string of the molecule is CC(C)(CCCO)CNC(=O)C1CCCCC1. The lowest BCUT2D eigenvalue weighted by Crippen LogP contribution is -2.38. The van der Waals surface area contributed by atoms with Gasteiger partial charge in [-0.15, -0.1) is 0 Å². The van der Waals surface area contributed by atoms with Crippen LogP contribution in [-0.4, -0.2) is 24.2 Å². The lowest BCUT2D eigenvalue weighted by atomic mass is 9.86. The van der Waals surface area contributed by atoms with Gasteiger partial charge < -0.3 is 10.4 Å². The molecule has 0 unspecified atom stereocenters. The van der Waals surface area contributed by atoms with Crippen molar-refractivity contribution in [3.63, 3.8) is 0 Å². The lowest BCUT2D eigenvalue weighted by molar-refractivity contribution is -0.126. The fraction of sp³-hybridized carbons (Fsp3) is 0.929. The average Bonchev–Trinajstić information content (AvgIpc) is 2.35. The van der Waals surface area contributed by atoms with Crippen molar-refractivity contribution in [2.45, 2.75) is 58.8 Å². The Kier molecular flexibility index (Phi) is 5.96. The summed E-state index contributed by atoms with van der Waals surface area (Å²) in [5.41, 5.74) is 0.0903. The Balaban J connectivity index is 2.26. The van der Waals surface area contributed by atoms with E-state index in [0.29, 0.717) is 0 Å². The normalized spacial score (nSPS) is 18.1. The minimum atomic E-state index is 0.0903. The number of carbonyl (C=O) groups excluding carboxylic acids is 1. The molecule has 0 bridgehead atoms. The van der Waals surface area contributed by atoms with Crippen LogP contribution >= 0.6 is 0 Å². The molecule has 0 atom stereocenters. The highest BCUT2D eigenvalue weighted by Gasteiger charge is 2.23. The van der Waals surface area contributed by atoms with Gasteiger partial charge in [-0.3, -0.25) is 4.79 Å². The van der Waals surface area contributed by atoms with E-state index in [1.807, 2.05) is 0 Å². The van der Waals surface area contributed by atoms with Gasteiger partial charge in [-0.2, -0.15) is 0 Å². The molecular formula is C14H27NO2. The van der Waals surface area contributed by atoms with Crippen LogP contribution in [0.15, 0.2) is 0 Å². The van der Waals surface area contributed by atoms with Gasteiger partial charge in [-0.05, 0) is 31.1 Å². The zero-order valence-electron chi connectivity index (χ0n) is 11.3. The second kappa shape index (κ2) is 7.00. The largest absolute Gasteiger partial charge is 0.396 e. The highest BCUT2D eigenvalue weighted by Crippen LogP contribution is 2.25. The molecule has 0 aromatic carbocycles. The number of hydrogen-bond acceptors (Lipinski definition) is 2. The van der Waals surface area contributed by atoms with Crippen molar-refractivity contribution in [3.8, 4) is 0 Å². The summed E-state index contributed by atoms with van der Waals surface area (Å²) in [4.78, 5) is 12.0. The smallest absolute Gasteiger partial charge is 0.223 e. The van der Waals surface area contributed by atoms with E-state index in [1.165, 1.54) is 19.3 Å². The summed E-state index contributed by atoms with van der Waals surface area (Å²) in [6.07, 6.45) is 7.57. The average molecular weight is 241 g/mol. The summed E-state index contributed by atoms with van der Waals surface area (Å²) in [5.74, 6) is 0.485. The van der Waals surface area contributed by atoms with Gasteiger partial charge in [-0.1, -0.05) is 33.1 Å². The number of aliphatic hydroxyl groups is 1. The molecule has 100 valence electrons. The van der Waals surface area contributed by atoms with E-state index in [0.717, 1.165) is 32.2 Å². The molecule has 2 N–H and O–H groups in total. The van der Waals surface area contributed by atoms with Gasteiger partial charge in [0.25, 0.3) is 0 Å². The molecule has 3 nitrogen and oxygen atoms in total. The molecule has 1 saturated carbocycles. The topological polar surface area (TPSA) is 49.3 Å². The highest BCUT2D eigenvalue weighted by molar-refractivity contribution is 5.78. The highest BCUT2D eigenvalue weighted by atomic mass is 16.2. The van der Waals surface area contributed by atoms with Crippen molar-refractivity contribution < 1.29 is 9.90 Å². The Morgan fingerprint density at radius 2 is 1.94 bits per heavy atom. The Morgan fingerprint density at radius 1 is 1.29 bits per heavy atom. The van der Waals surface area contributed by atoms with E-state index in [2.05, 4.69) is 19.2 Å². The standard InChI is InChI=1S/C14H27NO2/c1-14(2,9-6-10-16)11-15-13(17)12-7-4-3-5-8-12/h12,16H,3-11H2,1-2H3,(H,15,17). The first-order chi connectivity index (χ1) is 8.05. The number of nitrogens with one attached hydrogen (secondary N) is 1. The second-order valence-corrected chi connectivity index (χ2v) is 6.04. The molecule has 0 aliphatic heterocycles. The Hall–Kier alpha value is -0.570. The molecule has 1 rings (SSSR count). The maximum Gasteiger partial charge on any atom is 0.223 e. The molecule has 0 aromatic rings. The summed E-state index contributed by atoms with van der Waals surface area (Å²) in [6.45, 7) is 5.25. The van der Waals surface area contributed by atoms with Gasteiger partial charge in [0.1, 0.15) is 0 Å². The molecule has 0 saturated heterocycles. The first-order valence-corrected chi connectivity index (χ1v) is 6.94. The predicted octanol–water partition coefficient (Wildman–Crippen LogP) is 2.48. The van der Waals surface area contributed by atoms with E-state index >= 15 is 0 Å². The monoisotopic (exact) mass is 241 g/mol. The second-order valence-electron chi connectivity index (χ2n) is 6.04. The lowest BCUT2D eigenvalue weighted by Gasteiger charge is -2.27.